The van der Waals surface area contributed by atoms with Gasteiger partial charge in [-0.3, -0.25) is 9.35 Å². The molecule has 1 atom stereocenters. The number of carbonyl (C=O) groups is 1. The molecule has 0 rings (SSSR count). The molecule has 90 valence electrons. The van der Waals surface area contributed by atoms with Crippen molar-refractivity contribution in [3.63, 3.8) is 0 Å². The number of hydrogen-bond acceptors (Lipinski definition) is 4. The molecular weight excluding hydrogens is 234 g/mol. The fourth-order valence-corrected chi connectivity index (χ4v) is 0.746. The molecule has 0 aromatic rings. The summed E-state index contributed by atoms with van der Waals surface area (Å²) < 4.78 is 57.5. The summed E-state index contributed by atoms with van der Waals surface area (Å²) >= 11 is 0. The van der Waals surface area contributed by atoms with Gasteiger partial charge in [0.25, 0.3) is 0 Å². The molecule has 0 aliphatic heterocycles. The minimum Gasteiger partial charge on any atom is -0.458 e. The molecule has 0 heterocycles. The first kappa shape index (κ1) is 14.2. The van der Waals surface area contributed by atoms with Crippen LogP contribution in [0.2, 0.25) is 0 Å². The summed E-state index contributed by atoms with van der Waals surface area (Å²) in [4.78, 5) is 10.9. The van der Waals surface area contributed by atoms with Gasteiger partial charge in [0.1, 0.15) is 0 Å². The van der Waals surface area contributed by atoms with E-state index < -0.39 is 33.9 Å². The zero-order chi connectivity index (χ0) is 12.3. The molecular formula is C7H12F2O5S. The number of halogens is 2. The molecule has 1 unspecified atom stereocenters. The van der Waals surface area contributed by atoms with E-state index in [1.165, 1.54) is 6.92 Å². The smallest absolute Gasteiger partial charge is 0.402 e. The lowest BCUT2D eigenvalue weighted by atomic mass is 10.1. The van der Waals surface area contributed by atoms with Gasteiger partial charge in [0.2, 0.25) is 0 Å². The second-order valence-electron chi connectivity index (χ2n) is 3.03. The Morgan fingerprint density at radius 3 is 2.33 bits per heavy atom. The van der Waals surface area contributed by atoms with Crippen LogP contribution in [0.1, 0.15) is 20.3 Å². The van der Waals surface area contributed by atoms with Crippen molar-refractivity contribution in [1.29, 1.82) is 0 Å². The Bertz CT molecular complexity index is 324. The number of rotatable bonds is 5. The van der Waals surface area contributed by atoms with Crippen molar-refractivity contribution in [2.75, 3.05) is 6.61 Å². The fourth-order valence-electron chi connectivity index (χ4n) is 0.539. The van der Waals surface area contributed by atoms with Crippen LogP contribution in [0.25, 0.3) is 0 Å². The highest BCUT2D eigenvalue weighted by Gasteiger charge is 2.45. The first-order valence-electron chi connectivity index (χ1n) is 4.13. The third-order valence-electron chi connectivity index (χ3n) is 1.77. The lowest BCUT2D eigenvalue weighted by Gasteiger charge is -2.14. The van der Waals surface area contributed by atoms with Gasteiger partial charge in [-0.05, 0) is 6.42 Å². The van der Waals surface area contributed by atoms with Crippen LogP contribution in [-0.4, -0.2) is 30.8 Å². The predicted octanol–water partition coefficient (Wildman–Crippen LogP) is 1.06. The van der Waals surface area contributed by atoms with E-state index in [0.29, 0.717) is 6.42 Å². The molecule has 0 amide bonds. The molecule has 0 fully saturated rings. The van der Waals surface area contributed by atoms with E-state index in [1.807, 2.05) is 0 Å². The van der Waals surface area contributed by atoms with Crippen LogP contribution in [0, 0.1) is 5.92 Å². The standard InChI is InChI=1S/C7H12F2O5S/c1-3-5(2)6(10)14-4-7(8,9)15(11,12)13/h5H,3-4H2,1-2H3,(H,11,12,13). The first-order chi connectivity index (χ1) is 6.62. The van der Waals surface area contributed by atoms with Crippen LogP contribution in [0.15, 0.2) is 0 Å². The highest BCUT2D eigenvalue weighted by atomic mass is 32.2. The topological polar surface area (TPSA) is 80.7 Å². The molecule has 0 aromatic carbocycles. The Morgan fingerprint density at radius 2 is 2.00 bits per heavy atom. The normalized spacial score (nSPS) is 14.7. The van der Waals surface area contributed by atoms with E-state index in [1.54, 1.807) is 6.92 Å². The average Bonchev–Trinajstić information content (AvgIpc) is 2.11. The zero-order valence-corrected chi connectivity index (χ0v) is 9.05. The van der Waals surface area contributed by atoms with Gasteiger partial charge < -0.3 is 4.74 Å². The maximum absolute atomic E-state index is 12.5. The Hall–Kier alpha value is -0.760. The second kappa shape index (κ2) is 4.84. The summed E-state index contributed by atoms with van der Waals surface area (Å²) in [6.07, 6.45) is 0.385. The van der Waals surface area contributed by atoms with Crippen molar-refractivity contribution in [3.8, 4) is 0 Å². The summed E-state index contributed by atoms with van der Waals surface area (Å²) in [5.41, 5.74) is 0. The molecule has 0 aromatic heterocycles. The lowest BCUT2D eigenvalue weighted by Crippen LogP contribution is -2.35. The molecule has 0 saturated carbocycles. The van der Waals surface area contributed by atoms with E-state index in [0.717, 1.165) is 0 Å². The fraction of sp³-hybridized carbons (Fsp3) is 0.857. The Balaban J connectivity index is 4.35. The van der Waals surface area contributed by atoms with Crippen molar-refractivity contribution >= 4 is 16.1 Å². The van der Waals surface area contributed by atoms with E-state index in [9.17, 15) is 22.0 Å². The molecule has 8 heteroatoms. The minimum absolute atomic E-state index is 0.385. The van der Waals surface area contributed by atoms with E-state index in [4.69, 9.17) is 4.55 Å². The monoisotopic (exact) mass is 246 g/mol. The van der Waals surface area contributed by atoms with Gasteiger partial charge in [0.15, 0.2) is 6.61 Å². The highest BCUT2D eigenvalue weighted by Crippen LogP contribution is 2.21. The number of esters is 1. The van der Waals surface area contributed by atoms with E-state index in [-0.39, 0.29) is 0 Å². The van der Waals surface area contributed by atoms with Crippen molar-refractivity contribution in [3.05, 3.63) is 0 Å². The highest BCUT2D eigenvalue weighted by molar-refractivity contribution is 7.86. The maximum Gasteiger partial charge on any atom is 0.402 e. The van der Waals surface area contributed by atoms with Crippen molar-refractivity contribution in [2.24, 2.45) is 5.92 Å². The Kier molecular flexibility index (Phi) is 4.60. The predicted molar refractivity (Wildman–Crippen MR) is 46.9 cm³/mol. The van der Waals surface area contributed by atoms with Gasteiger partial charge in [0.05, 0.1) is 5.92 Å². The van der Waals surface area contributed by atoms with Gasteiger partial charge in [0, 0.05) is 0 Å². The number of alkyl halides is 2. The minimum atomic E-state index is -5.54. The first-order valence-corrected chi connectivity index (χ1v) is 5.57. The average molecular weight is 246 g/mol. The largest absolute Gasteiger partial charge is 0.458 e. The van der Waals surface area contributed by atoms with Crippen LogP contribution in [0.5, 0.6) is 0 Å². The zero-order valence-electron chi connectivity index (χ0n) is 8.24. The summed E-state index contributed by atoms with van der Waals surface area (Å²) in [5.74, 6) is -1.52. The van der Waals surface area contributed by atoms with Crippen LogP contribution in [0.4, 0.5) is 8.78 Å². The van der Waals surface area contributed by atoms with Crippen LogP contribution in [0.3, 0.4) is 0 Å². The van der Waals surface area contributed by atoms with Crippen LogP contribution < -0.4 is 0 Å². The quantitative estimate of drug-likeness (QED) is 0.579. The molecule has 15 heavy (non-hydrogen) atoms. The summed E-state index contributed by atoms with van der Waals surface area (Å²) in [6.45, 7) is 1.43. The molecule has 5 nitrogen and oxygen atoms in total. The summed E-state index contributed by atoms with van der Waals surface area (Å²) in [6, 6.07) is 0. The molecule has 0 radical (unpaired) electrons. The molecule has 1 N–H and O–H groups in total. The Labute approximate surface area is 86.2 Å². The maximum atomic E-state index is 12.5. The molecule has 0 bridgehead atoms. The van der Waals surface area contributed by atoms with Gasteiger partial charge in [-0.1, -0.05) is 13.8 Å². The molecule has 0 aliphatic carbocycles. The summed E-state index contributed by atoms with van der Waals surface area (Å²) in [5, 5.41) is -4.46. The number of hydrogen-bond donors (Lipinski definition) is 1. The SMILES string of the molecule is CCC(C)C(=O)OCC(F)(F)S(=O)(=O)O. The van der Waals surface area contributed by atoms with E-state index >= 15 is 0 Å². The third kappa shape index (κ3) is 4.08. The second-order valence-corrected chi connectivity index (χ2v) is 4.58. The number of carbonyl (C=O) groups excluding carboxylic acids is 1. The van der Waals surface area contributed by atoms with E-state index in [2.05, 4.69) is 4.74 Å². The van der Waals surface area contributed by atoms with Crippen molar-refractivity contribution < 1.29 is 31.3 Å². The van der Waals surface area contributed by atoms with Gasteiger partial charge >= 0.3 is 21.3 Å². The van der Waals surface area contributed by atoms with Crippen molar-refractivity contribution in [2.45, 2.75) is 25.5 Å². The van der Waals surface area contributed by atoms with Crippen LogP contribution in [-0.2, 0) is 19.6 Å². The van der Waals surface area contributed by atoms with Gasteiger partial charge in [-0.15, -0.1) is 0 Å². The Morgan fingerprint density at radius 1 is 1.53 bits per heavy atom. The van der Waals surface area contributed by atoms with Gasteiger partial charge in [-0.2, -0.15) is 17.2 Å². The number of ether oxygens (including phenoxy) is 1. The van der Waals surface area contributed by atoms with Gasteiger partial charge in [-0.25, -0.2) is 0 Å². The van der Waals surface area contributed by atoms with Crippen LogP contribution >= 0.6 is 0 Å². The third-order valence-corrected chi connectivity index (χ3v) is 2.65. The lowest BCUT2D eigenvalue weighted by molar-refractivity contribution is -0.154. The summed E-state index contributed by atoms with van der Waals surface area (Å²) in [7, 11) is -5.54. The molecule has 0 aliphatic rings. The molecule has 0 saturated heterocycles. The molecule has 0 spiro atoms. The van der Waals surface area contributed by atoms with Crippen molar-refractivity contribution in [1.82, 2.24) is 0 Å².